The summed E-state index contributed by atoms with van der Waals surface area (Å²) in [6, 6.07) is 10.7. The van der Waals surface area contributed by atoms with Crippen molar-refractivity contribution in [3.63, 3.8) is 0 Å². The van der Waals surface area contributed by atoms with Crippen LogP contribution < -0.4 is 10.6 Å². The van der Waals surface area contributed by atoms with E-state index in [1.165, 1.54) is 36.4 Å². The predicted molar refractivity (Wildman–Crippen MR) is 104 cm³/mol. The largest absolute Gasteiger partial charge is 0.481 e. The van der Waals surface area contributed by atoms with E-state index < -0.39 is 29.5 Å². The molecule has 0 saturated carbocycles. The quantitative estimate of drug-likeness (QED) is 0.604. The lowest BCUT2D eigenvalue weighted by Gasteiger charge is -2.13. The summed E-state index contributed by atoms with van der Waals surface area (Å²) < 4.78 is 37.8. The zero-order valence-corrected chi connectivity index (χ0v) is 16.1. The molecule has 1 unspecified atom stereocenters. The number of alkyl halides is 3. The van der Waals surface area contributed by atoms with Crippen molar-refractivity contribution in [3.8, 4) is 0 Å². The van der Waals surface area contributed by atoms with Crippen molar-refractivity contribution in [2.24, 2.45) is 5.92 Å². The Morgan fingerprint density at radius 3 is 2.13 bits per heavy atom. The summed E-state index contributed by atoms with van der Waals surface area (Å²) >= 11 is 0. The highest BCUT2D eigenvalue weighted by Gasteiger charge is 2.30. The molecule has 0 fully saturated rings. The smallest absolute Gasteiger partial charge is 0.416 e. The molecule has 160 valence electrons. The van der Waals surface area contributed by atoms with Gasteiger partial charge in [0, 0.05) is 23.7 Å². The lowest BCUT2D eigenvalue weighted by Crippen LogP contribution is -2.26. The van der Waals surface area contributed by atoms with Gasteiger partial charge in [-0.25, -0.2) is 0 Å². The predicted octanol–water partition coefficient (Wildman–Crippen LogP) is 3.73. The molecule has 0 aliphatic carbocycles. The van der Waals surface area contributed by atoms with Gasteiger partial charge in [0.2, 0.25) is 5.91 Å². The minimum atomic E-state index is -4.40. The molecule has 9 heteroatoms. The van der Waals surface area contributed by atoms with E-state index in [1.54, 1.807) is 6.92 Å². The molecule has 2 aromatic rings. The maximum absolute atomic E-state index is 12.6. The van der Waals surface area contributed by atoms with E-state index in [-0.39, 0.29) is 25.3 Å². The van der Waals surface area contributed by atoms with E-state index >= 15 is 0 Å². The summed E-state index contributed by atoms with van der Waals surface area (Å²) in [5.41, 5.74) is 0.645. The first-order valence-electron chi connectivity index (χ1n) is 9.13. The van der Waals surface area contributed by atoms with Crippen LogP contribution in [0.25, 0.3) is 0 Å². The molecule has 0 bridgehead atoms. The molecule has 2 aromatic carbocycles. The van der Waals surface area contributed by atoms with Gasteiger partial charge in [0.15, 0.2) is 0 Å². The van der Waals surface area contributed by atoms with Gasteiger partial charge < -0.3 is 15.7 Å². The molecule has 2 rings (SSSR count). The van der Waals surface area contributed by atoms with Gasteiger partial charge in [-0.3, -0.25) is 14.4 Å². The molecule has 30 heavy (non-hydrogen) atoms. The van der Waals surface area contributed by atoms with Gasteiger partial charge in [-0.05, 0) is 48.4 Å². The number of hydrogen-bond donors (Lipinski definition) is 3. The zero-order valence-electron chi connectivity index (χ0n) is 16.1. The number of carboxylic acid groups (broad SMARTS) is 1. The lowest BCUT2D eigenvalue weighted by molar-refractivity contribution is -0.138. The molecule has 3 N–H and O–H groups in total. The van der Waals surface area contributed by atoms with Crippen LogP contribution in [0, 0.1) is 5.92 Å². The number of hydrogen-bond acceptors (Lipinski definition) is 3. The Bertz CT molecular complexity index is 894. The maximum Gasteiger partial charge on any atom is 0.416 e. The van der Waals surface area contributed by atoms with Crippen molar-refractivity contribution in [2.45, 2.75) is 25.9 Å². The third-order valence-corrected chi connectivity index (χ3v) is 4.31. The van der Waals surface area contributed by atoms with Gasteiger partial charge in [0.25, 0.3) is 5.91 Å². The van der Waals surface area contributed by atoms with Gasteiger partial charge in [-0.2, -0.15) is 13.2 Å². The summed E-state index contributed by atoms with van der Waals surface area (Å²) in [5.74, 6) is -2.24. The van der Waals surface area contributed by atoms with Gasteiger partial charge in [-0.1, -0.05) is 19.1 Å². The highest BCUT2D eigenvalue weighted by atomic mass is 19.4. The second kappa shape index (κ2) is 9.91. The van der Waals surface area contributed by atoms with Gasteiger partial charge in [0.05, 0.1) is 12.0 Å². The number of carbonyl (C=O) groups is 3. The highest BCUT2D eigenvalue weighted by Crippen LogP contribution is 2.29. The molecule has 2 amide bonds. The van der Waals surface area contributed by atoms with Crippen LogP contribution in [0.3, 0.4) is 0 Å². The van der Waals surface area contributed by atoms with E-state index in [0.717, 1.165) is 12.1 Å². The average molecular weight is 422 g/mol. The Morgan fingerprint density at radius 2 is 1.60 bits per heavy atom. The number of anilines is 1. The van der Waals surface area contributed by atoms with Crippen LogP contribution in [0.1, 0.15) is 34.8 Å². The van der Waals surface area contributed by atoms with Gasteiger partial charge >= 0.3 is 12.1 Å². The monoisotopic (exact) mass is 422 g/mol. The fourth-order valence-corrected chi connectivity index (χ4v) is 2.63. The summed E-state index contributed by atoms with van der Waals surface area (Å²) in [5, 5.41) is 13.7. The van der Waals surface area contributed by atoms with Crippen LogP contribution in [0.5, 0.6) is 0 Å². The van der Waals surface area contributed by atoms with Crippen LogP contribution in [0.2, 0.25) is 0 Å². The third kappa shape index (κ3) is 6.91. The summed E-state index contributed by atoms with van der Waals surface area (Å²) in [4.78, 5) is 34.7. The molecule has 6 nitrogen and oxygen atoms in total. The Hall–Kier alpha value is -3.36. The molecule has 1 atom stereocenters. The standard InChI is InChI=1S/C21H21F3N2O4/c1-13(12-14-2-6-16(7-3-14)21(22,23)24)19(29)26-17-8-4-15(5-9-17)20(30)25-11-10-18(27)28/h2-9,13H,10-12H2,1H3,(H,25,30)(H,26,29)(H,27,28). The first-order chi connectivity index (χ1) is 14.1. The Labute approximate surface area is 171 Å². The summed E-state index contributed by atoms with van der Waals surface area (Å²) in [7, 11) is 0. The van der Waals surface area contributed by atoms with Crippen LogP contribution in [-0.4, -0.2) is 29.4 Å². The number of benzene rings is 2. The fraction of sp³-hybridized carbons (Fsp3) is 0.286. The molecule has 0 radical (unpaired) electrons. The number of halogens is 3. The van der Waals surface area contributed by atoms with Crippen molar-refractivity contribution in [1.82, 2.24) is 5.32 Å². The normalized spacial score (nSPS) is 12.1. The first kappa shape index (κ1) is 22.9. The summed E-state index contributed by atoms with van der Waals surface area (Å²) in [6.45, 7) is 1.67. The topological polar surface area (TPSA) is 95.5 Å². The van der Waals surface area contributed by atoms with E-state index in [0.29, 0.717) is 16.8 Å². The number of aliphatic carboxylic acids is 1. The van der Waals surface area contributed by atoms with E-state index in [9.17, 15) is 27.6 Å². The second-order valence-electron chi connectivity index (χ2n) is 6.77. The van der Waals surface area contributed by atoms with Crippen molar-refractivity contribution in [2.75, 3.05) is 11.9 Å². The SMILES string of the molecule is CC(Cc1ccc(C(F)(F)F)cc1)C(=O)Nc1ccc(C(=O)NCCC(=O)O)cc1. The number of carboxylic acids is 1. The Morgan fingerprint density at radius 1 is 1.00 bits per heavy atom. The van der Waals surface area contributed by atoms with Crippen molar-refractivity contribution >= 4 is 23.5 Å². The summed E-state index contributed by atoms with van der Waals surface area (Å²) in [6.07, 6.45) is -4.31. The van der Waals surface area contributed by atoms with Crippen molar-refractivity contribution in [3.05, 3.63) is 65.2 Å². The van der Waals surface area contributed by atoms with E-state index in [2.05, 4.69) is 10.6 Å². The molecular formula is C21H21F3N2O4. The van der Waals surface area contributed by atoms with Crippen LogP contribution in [-0.2, 0) is 22.2 Å². The number of rotatable bonds is 8. The van der Waals surface area contributed by atoms with Crippen LogP contribution in [0.4, 0.5) is 18.9 Å². The van der Waals surface area contributed by atoms with Gasteiger partial charge in [-0.15, -0.1) is 0 Å². The molecule has 0 aliphatic heterocycles. The molecule has 0 saturated heterocycles. The molecule has 0 heterocycles. The molecular weight excluding hydrogens is 401 g/mol. The Balaban J connectivity index is 1.89. The van der Waals surface area contributed by atoms with Crippen molar-refractivity contribution in [1.29, 1.82) is 0 Å². The minimum absolute atomic E-state index is 0.00805. The number of amides is 2. The van der Waals surface area contributed by atoms with Crippen LogP contribution in [0.15, 0.2) is 48.5 Å². The maximum atomic E-state index is 12.6. The second-order valence-corrected chi connectivity index (χ2v) is 6.77. The first-order valence-corrected chi connectivity index (χ1v) is 9.13. The third-order valence-electron chi connectivity index (χ3n) is 4.31. The molecule has 0 aliphatic rings. The number of carbonyl (C=O) groups excluding carboxylic acids is 2. The van der Waals surface area contributed by atoms with Crippen molar-refractivity contribution < 1.29 is 32.7 Å². The van der Waals surface area contributed by atoms with E-state index in [4.69, 9.17) is 5.11 Å². The highest BCUT2D eigenvalue weighted by molar-refractivity contribution is 5.96. The molecule has 0 aromatic heterocycles. The fourth-order valence-electron chi connectivity index (χ4n) is 2.63. The Kier molecular flexibility index (Phi) is 7.57. The number of nitrogens with one attached hydrogen (secondary N) is 2. The van der Waals surface area contributed by atoms with Crippen LogP contribution >= 0.6 is 0 Å². The minimum Gasteiger partial charge on any atom is -0.481 e. The molecule has 0 spiro atoms. The zero-order chi connectivity index (χ0) is 22.3. The van der Waals surface area contributed by atoms with Gasteiger partial charge in [0.1, 0.15) is 0 Å². The average Bonchev–Trinajstić information content (AvgIpc) is 2.67. The lowest BCUT2D eigenvalue weighted by atomic mass is 9.99. The van der Waals surface area contributed by atoms with E-state index in [1.807, 2.05) is 0 Å².